The van der Waals surface area contributed by atoms with Crippen molar-refractivity contribution in [3.05, 3.63) is 30.1 Å². The van der Waals surface area contributed by atoms with Crippen molar-refractivity contribution in [2.24, 2.45) is 0 Å². The predicted octanol–water partition coefficient (Wildman–Crippen LogP) is 2.75. The fourth-order valence-electron chi connectivity index (χ4n) is 5.74. The van der Waals surface area contributed by atoms with E-state index in [1.807, 2.05) is 12.1 Å². The molecule has 0 amide bonds. The number of fused-ring (bicyclic) bond motifs is 1. The highest BCUT2D eigenvalue weighted by Crippen LogP contribution is 2.27. The molecule has 2 aromatic rings. The zero-order valence-electron chi connectivity index (χ0n) is 18.6. The maximum atomic E-state index is 9.37. The molecule has 5 heterocycles. The zero-order chi connectivity index (χ0) is 21.2. The van der Waals surface area contributed by atoms with Crippen molar-refractivity contribution in [2.75, 3.05) is 50.7 Å². The molecule has 3 aliphatic heterocycles. The van der Waals surface area contributed by atoms with E-state index in [1.165, 1.54) is 58.3 Å². The molecule has 0 aromatic carbocycles. The Labute approximate surface area is 185 Å². The van der Waals surface area contributed by atoms with Crippen LogP contribution in [0.2, 0.25) is 0 Å². The summed E-state index contributed by atoms with van der Waals surface area (Å²) in [5, 5.41) is 13.7. The molecular formula is C24H34N6O. The van der Waals surface area contributed by atoms with Crippen LogP contribution in [0.3, 0.4) is 0 Å². The van der Waals surface area contributed by atoms with E-state index in [9.17, 15) is 5.26 Å². The smallest absolute Gasteiger partial charge is 0.142 e. The lowest BCUT2D eigenvalue weighted by Gasteiger charge is -2.43. The topological polar surface area (TPSA) is 60.0 Å². The number of nitriles is 1. The molecule has 2 atom stereocenters. The molecule has 7 heteroatoms. The molecule has 31 heavy (non-hydrogen) atoms. The van der Waals surface area contributed by atoms with Gasteiger partial charge in [0.25, 0.3) is 0 Å². The van der Waals surface area contributed by atoms with Crippen molar-refractivity contribution in [3.8, 4) is 6.07 Å². The molecule has 0 spiro atoms. The maximum absolute atomic E-state index is 9.37. The first-order valence-corrected chi connectivity index (χ1v) is 11.9. The van der Waals surface area contributed by atoms with Gasteiger partial charge in [-0.05, 0) is 77.0 Å². The summed E-state index contributed by atoms with van der Waals surface area (Å²) in [6.07, 6.45) is 8.90. The molecule has 0 bridgehead atoms. The number of aromatic nitrogens is 2. The van der Waals surface area contributed by atoms with Crippen molar-refractivity contribution < 1.29 is 4.74 Å². The Morgan fingerprint density at radius 2 is 1.87 bits per heavy atom. The van der Waals surface area contributed by atoms with Gasteiger partial charge in [-0.15, -0.1) is 0 Å². The fraction of sp³-hybridized carbons (Fsp3) is 0.667. The lowest BCUT2D eigenvalue weighted by atomic mass is 9.99. The van der Waals surface area contributed by atoms with Crippen LogP contribution in [0, 0.1) is 11.3 Å². The lowest BCUT2D eigenvalue weighted by molar-refractivity contribution is -0.0380. The van der Waals surface area contributed by atoms with E-state index in [1.54, 1.807) is 10.7 Å². The second-order valence-corrected chi connectivity index (χ2v) is 9.45. The summed E-state index contributed by atoms with van der Waals surface area (Å²) >= 11 is 0. The summed E-state index contributed by atoms with van der Waals surface area (Å²) < 4.78 is 8.10. The Morgan fingerprint density at radius 1 is 1.06 bits per heavy atom. The van der Waals surface area contributed by atoms with Crippen LogP contribution in [-0.4, -0.2) is 83.5 Å². The Kier molecular flexibility index (Phi) is 6.13. The number of anilines is 1. The standard InChI is InChI=1S/C24H34N6O/c1-19-16-29(23-6-5-21(15-25)30-24(23)7-10-26-30)18-22(31-19)17-27-13-8-20(9-14-27)28-11-3-2-4-12-28/h5-7,10,19-20,22H,2-4,8-9,11-14,16-18H2,1H3/t19-,22+/m1/s1. The monoisotopic (exact) mass is 422 g/mol. The minimum atomic E-state index is 0.184. The summed E-state index contributed by atoms with van der Waals surface area (Å²) in [5.41, 5.74) is 2.70. The van der Waals surface area contributed by atoms with Gasteiger partial charge in [0.1, 0.15) is 11.8 Å². The molecule has 0 unspecified atom stereocenters. The molecule has 7 nitrogen and oxygen atoms in total. The number of likely N-dealkylation sites (tertiary alicyclic amines) is 2. The second kappa shape index (κ2) is 9.15. The molecule has 0 saturated carbocycles. The van der Waals surface area contributed by atoms with E-state index in [4.69, 9.17) is 4.74 Å². The van der Waals surface area contributed by atoms with Crippen LogP contribution in [0.5, 0.6) is 0 Å². The minimum absolute atomic E-state index is 0.184. The Balaban J connectivity index is 1.22. The largest absolute Gasteiger partial charge is 0.370 e. The maximum Gasteiger partial charge on any atom is 0.142 e. The molecule has 3 saturated heterocycles. The van der Waals surface area contributed by atoms with Crippen LogP contribution in [0.1, 0.15) is 44.7 Å². The number of hydrogen-bond donors (Lipinski definition) is 0. The van der Waals surface area contributed by atoms with Gasteiger partial charge in [-0.25, -0.2) is 4.52 Å². The summed E-state index contributed by atoms with van der Waals surface area (Å²) in [6.45, 7) is 9.87. The highest BCUT2D eigenvalue weighted by molar-refractivity contribution is 5.74. The van der Waals surface area contributed by atoms with Gasteiger partial charge in [0.15, 0.2) is 0 Å². The molecule has 0 radical (unpaired) electrons. The Morgan fingerprint density at radius 3 is 2.65 bits per heavy atom. The molecule has 3 fully saturated rings. The average Bonchev–Trinajstić information content (AvgIpc) is 3.29. The number of piperidine rings is 2. The molecule has 166 valence electrons. The van der Waals surface area contributed by atoms with Crippen molar-refractivity contribution in [3.63, 3.8) is 0 Å². The highest BCUT2D eigenvalue weighted by Gasteiger charge is 2.31. The summed E-state index contributed by atoms with van der Waals surface area (Å²) in [4.78, 5) is 7.76. The van der Waals surface area contributed by atoms with Gasteiger partial charge >= 0.3 is 0 Å². The molecule has 0 N–H and O–H groups in total. The molecule has 5 rings (SSSR count). The third kappa shape index (κ3) is 4.43. The van der Waals surface area contributed by atoms with Crippen molar-refractivity contribution >= 4 is 11.2 Å². The first-order chi connectivity index (χ1) is 15.2. The van der Waals surface area contributed by atoms with E-state index in [0.717, 1.165) is 36.9 Å². The lowest BCUT2D eigenvalue weighted by Crippen LogP contribution is -2.53. The number of morpholine rings is 1. The van der Waals surface area contributed by atoms with E-state index in [0.29, 0.717) is 5.69 Å². The van der Waals surface area contributed by atoms with Crippen LogP contribution >= 0.6 is 0 Å². The zero-order valence-corrected chi connectivity index (χ0v) is 18.6. The molecule has 3 aliphatic rings. The van der Waals surface area contributed by atoms with Crippen LogP contribution in [0.15, 0.2) is 24.4 Å². The molecule has 2 aromatic heterocycles. The SMILES string of the molecule is C[C@@H]1CN(c2ccc(C#N)n3nccc23)C[C@H](CN2CCC(N3CCCCC3)CC2)O1. The quantitative estimate of drug-likeness (QED) is 0.755. The van der Waals surface area contributed by atoms with E-state index in [2.05, 4.69) is 38.9 Å². The second-order valence-electron chi connectivity index (χ2n) is 9.45. The number of rotatable bonds is 4. The van der Waals surface area contributed by atoms with Gasteiger partial charge in [0.05, 0.1) is 29.6 Å². The van der Waals surface area contributed by atoms with Crippen molar-refractivity contribution in [1.82, 2.24) is 19.4 Å². The first-order valence-electron chi connectivity index (χ1n) is 11.9. The molecular weight excluding hydrogens is 388 g/mol. The van der Waals surface area contributed by atoms with Crippen molar-refractivity contribution in [2.45, 2.75) is 57.3 Å². The average molecular weight is 423 g/mol. The van der Waals surface area contributed by atoms with E-state index in [-0.39, 0.29) is 12.2 Å². The molecule has 0 aliphatic carbocycles. The third-order valence-electron chi connectivity index (χ3n) is 7.24. The van der Waals surface area contributed by atoms with Gasteiger partial charge in [0.2, 0.25) is 0 Å². The Hall–Kier alpha value is -2.14. The van der Waals surface area contributed by atoms with Crippen LogP contribution in [0.25, 0.3) is 5.52 Å². The number of pyridine rings is 1. The summed E-state index contributed by atoms with van der Waals surface area (Å²) in [6, 6.07) is 8.95. The fourth-order valence-corrected chi connectivity index (χ4v) is 5.74. The minimum Gasteiger partial charge on any atom is -0.370 e. The number of nitrogens with zero attached hydrogens (tertiary/aromatic N) is 6. The van der Waals surface area contributed by atoms with Crippen LogP contribution in [0.4, 0.5) is 5.69 Å². The van der Waals surface area contributed by atoms with Crippen molar-refractivity contribution in [1.29, 1.82) is 5.26 Å². The first kappa shape index (κ1) is 20.7. The van der Waals surface area contributed by atoms with Crippen LogP contribution < -0.4 is 4.90 Å². The summed E-state index contributed by atoms with van der Waals surface area (Å²) in [7, 11) is 0. The number of hydrogen-bond acceptors (Lipinski definition) is 6. The Bertz CT molecular complexity index is 922. The van der Waals surface area contributed by atoms with Gasteiger partial charge in [0, 0.05) is 25.7 Å². The number of ether oxygens (including phenoxy) is 1. The van der Waals surface area contributed by atoms with Gasteiger partial charge in [-0.1, -0.05) is 6.42 Å². The predicted molar refractivity (Wildman–Crippen MR) is 121 cm³/mol. The van der Waals surface area contributed by atoms with Gasteiger partial charge in [-0.3, -0.25) is 0 Å². The third-order valence-corrected chi connectivity index (χ3v) is 7.24. The van der Waals surface area contributed by atoms with E-state index >= 15 is 0 Å². The van der Waals surface area contributed by atoms with Crippen LogP contribution in [-0.2, 0) is 4.74 Å². The summed E-state index contributed by atoms with van der Waals surface area (Å²) in [5.74, 6) is 0. The highest BCUT2D eigenvalue weighted by atomic mass is 16.5. The normalized spacial score (nSPS) is 26.9. The van der Waals surface area contributed by atoms with E-state index < -0.39 is 0 Å². The van der Waals surface area contributed by atoms with Gasteiger partial charge < -0.3 is 19.4 Å². The van der Waals surface area contributed by atoms with Gasteiger partial charge in [-0.2, -0.15) is 10.4 Å².